The number of nitrogens with zero attached hydrogens (tertiary/aromatic N) is 1. The number of amidine groups is 1. The molecule has 0 saturated heterocycles. The SMILES string of the molecule is COC(=O)SCC1=NCCN1. The summed E-state index contributed by atoms with van der Waals surface area (Å²) < 4.78 is 4.45. The van der Waals surface area contributed by atoms with E-state index in [-0.39, 0.29) is 5.30 Å². The summed E-state index contributed by atoms with van der Waals surface area (Å²) in [6.07, 6.45) is 0. The fraction of sp³-hybridized carbons (Fsp3) is 0.667. The van der Waals surface area contributed by atoms with Crippen LogP contribution in [0.25, 0.3) is 0 Å². The lowest BCUT2D eigenvalue weighted by Gasteiger charge is -1.99. The molecule has 0 unspecified atom stereocenters. The van der Waals surface area contributed by atoms with Crippen molar-refractivity contribution in [2.45, 2.75) is 0 Å². The lowest BCUT2D eigenvalue weighted by atomic mass is 10.7. The highest BCUT2D eigenvalue weighted by atomic mass is 32.2. The maximum absolute atomic E-state index is 10.6. The third-order valence-electron chi connectivity index (χ3n) is 1.24. The third kappa shape index (κ3) is 2.80. The second-order valence-corrected chi connectivity index (χ2v) is 2.91. The molecule has 1 aliphatic rings. The first-order valence-corrected chi connectivity index (χ1v) is 4.29. The van der Waals surface area contributed by atoms with Crippen molar-refractivity contribution in [1.82, 2.24) is 5.32 Å². The Bertz CT molecular complexity index is 181. The van der Waals surface area contributed by atoms with Crippen LogP contribution in [0, 0.1) is 0 Å². The number of thioether (sulfide) groups is 1. The summed E-state index contributed by atoms with van der Waals surface area (Å²) in [6, 6.07) is 0. The molecule has 0 aromatic heterocycles. The number of nitrogens with one attached hydrogen (secondary N) is 1. The van der Waals surface area contributed by atoms with Gasteiger partial charge in [0.25, 0.3) is 0 Å². The van der Waals surface area contributed by atoms with Gasteiger partial charge in [0.2, 0.25) is 0 Å². The first kappa shape index (κ1) is 8.39. The summed E-state index contributed by atoms with van der Waals surface area (Å²) in [4.78, 5) is 14.7. The van der Waals surface area contributed by atoms with Gasteiger partial charge in [0.05, 0.1) is 19.4 Å². The Balaban J connectivity index is 2.16. The molecule has 1 N–H and O–H groups in total. The normalized spacial score (nSPS) is 15.5. The van der Waals surface area contributed by atoms with Gasteiger partial charge in [0.15, 0.2) is 0 Å². The average Bonchev–Trinajstić information content (AvgIpc) is 2.52. The Morgan fingerprint density at radius 3 is 3.27 bits per heavy atom. The first-order valence-electron chi connectivity index (χ1n) is 3.31. The highest BCUT2D eigenvalue weighted by Gasteiger charge is 2.07. The van der Waals surface area contributed by atoms with Gasteiger partial charge in [-0.3, -0.25) is 4.99 Å². The molecule has 0 atom stereocenters. The lowest BCUT2D eigenvalue weighted by molar-refractivity contribution is 0.200. The minimum absolute atomic E-state index is 0.263. The number of ether oxygens (including phenoxy) is 1. The third-order valence-corrected chi connectivity index (χ3v) is 2.06. The molecule has 4 nitrogen and oxygen atoms in total. The molecular formula is C6H10N2O2S. The number of hydrogen-bond donors (Lipinski definition) is 1. The van der Waals surface area contributed by atoms with E-state index in [9.17, 15) is 4.79 Å². The van der Waals surface area contributed by atoms with E-state index in [1.54, 1.807) is 0 Å². The summed E-state index contributed by atoms with van der Waals surface area (Å²) in [7, 11) is 1.37. The Hall–Kier alpha value is -0.710. The molecule has 0 fully saturated rings. The van der Waals surface area contributed by atoms with Crippen LogP contribution in [0.3, 0.4) is 0 Å². The number of carbonyl (C=O) groups excluding carboxylic acids is 1. The topological polar surface area (TPSA) is 50.7 Å². The molecule has 62 valence electrons. The molecule has 0 spiro atoms. The molecule has 1 rings (SSSR count). The molecule has 0 bridgehead atoms. The number of aliphatic imine (C=N–C) groups is 1. The Labute approximate surface area is 69.4 Å². The summed E-state index contributed by atoms with van der Waals surface area (Å²) in [5, 5.41) is 2.79. The molecular weight excluding hydrogens is 164 g/mol. The molecule has 0 aliphatic carbocycles. The van der Waals surface area contributed by atoms with Crippen LogP contribution < -0.4 is 5.32 Å². The highest BCUT2D eigenvalue weighted by molar-refractivity contribution is 8.13. The largest absolute Gasteiger partial charge is 0.461 e. The maximum Gasteiger partial charge on any atom is 0.367 e. The molecule has 0 aromatic rings. The molecule has 0 radical (unpaired) electrons. The van der Waals surface area contributed by atoms with Crippen LogP contribution in [0.15, 0.2) is 4.99 Å². The smallest absolute Gasteiger partial charge is 0.367 e. The van der Waals surface area contributed by atoms with Gasteiger partial charge in [-0.25, -0.2) is 4.79 Å². The van der Waals surface area contributed by atoms with Gasteiger partial charge < -0.3 is 10.1 Å². The van der Waals surface area contributed by atoms with Crippen molar-refractivity contribution in [3.63, 3.8) is 0 Å². The van der Waals surface area contributed by atoms with Crippen molar-refractivity contribution >= 4 is 22.9 Å². The zero-order chi connectivity index (χ0) is 8.10. The average molecular weight is 174 g/mol. The van der Waals surface area contributed by atoms with Crippen LogP contribution in [-0.2, 0) is 4.74 Å². The zero-order valence-electron chi connectivity index (χ0n) is 6.29. The second-order valence-electron chi connectivity index (χ2n) is 2.00. The van der Waals surface area contributed by atoms with Gasteiger partial charge in [0.1, 0.15) is 5.84 Å². The predicted molar refractivity (Wildman–Crippen MR) is 45.2 cm³/mol. The molecule has 11 heavy (non-hydrogen) atoms. The Kier molecular flexibility index (Phi) is 3.22. The number of rotatable bonds is 2. The number of methoxy groups -OCH3 is 1. The second kappa shape index (κ2) is 4.23. The van der Waals surface area contributed by atoms with Crippen molar-refractivity contribution in [3.8, 4) is 0 Å². The standard InChI is InChI=1S/C6H10N2O2S/c1-10-6(9)11-4-5-7-2-3-8-5/h2-4H2,1H3,(H,7,8). The van der Waals surface area contributed by atoms with E-state index in [1.807, 2.05) is 0 Å². The van der Waals surface area contributed by atoms with Gasteiger partial charge in [-0.1, -0.05) is 0 Å². The lowest BCUT2D eigenvalue weighted by Crippen LogP contribution is -2.21. The van der Waals surface area contributed by atoms with Crippen molar-refractivity contribution in [1.29, 1.82) is 0 Å². The van der Waals surface area contributed by atoms with Gasteiger partial charge in [-0.05, 0) is 11.8 Å². The first-order chi connectivity index (χ1) is 5.33. The summed E-state index contributed by atoms with van der Waals surface area (Å²) >= 11 is 1.12. The van der Waals surface area contributed by atoms with Crippen LogP contribution in [0.4, 0.5) is 4.79 Å². The van der Waals surface area contributed by atoms with Gasteiger partial charge in [-0.2, -0.15) is 0 Å². The van der Waals surface area contributed by atoms with E-state index in [2.05, 4.69) is 15.0 Å². The quantitative estimate of drug-likeness (QED) is 0.619. The highest BCUT2D eigenvalue weighted by Crippen LogP contribution is 2.04. The van der Waals surface area contributed by atoms with Gasteiger partial charge in [0, 0.05) is 6.54 Å². The van der Waals surface area contributed by atoms with Crippen LogP contribution in [-0.4, -0.2) is 37.1 Å². The minimum atomic E-state index is -0.263. The molecule has 1 aliphatic heterocycles. The van der Waals surface area contributed by atoms with E-state index in [0.29, 0.717) is 5.75 Å². The van der Waals surface area contributed by atoms with E-state index in [0.717, 1.165) is 30.7 Å². The van der Waals surface area contributed by atoms with Gasteiger partial charge in [-0.15, -0.1) is 0 Å². The summed E-state index contributed by atoms with van der Waals surface area (Å²) in [5.41, 5.74) is 0. The van der Waals surface area contributed by atoms with Crippen molar-refractivity contribution in [3.05, 3.63) is 0 Å². The van der Waals surface area contributed by atoms with E-state index >= 15 is 0 Å². The number of carbonyl (C=O) groups is 1. The minimum Gasteiger partial charge on any atom is -0.461 e. The number of hydrogen-bond acceptors (Lipinski definition) is 5. The van der Waals surface area contributed by atoms with Crippen LogP contribution in [0.2, 0.25) is 0 Å². The molecule has 1 heterocycles. The summed E-state index contributed by atoms with van der Waals surface area (Å²) in [5.74, 6) is 1.48. The molecule has 0 amide bonds. The Morgan fingerprint density at radius 1 is 1.91 bits per heavy atom. The van der Waals surface area contributed by atoms with Crippen LogP contribution in [0.1, 0.15) is 0 Å². The fourth-order valence-corrected chi connectivity index (χ4v) is 1.30. The fourth-order valence-electron chi connectivity index (χ4n) is 0.730. The van der Waals surface area contributed by atoms with Crippen molar-refractivity contribution in [2.24, 2.45) is 4.99 Å². The van der Waals surface area contributed by atoms with Crippen LogP contribution >= 0.6 is 11.8 Å². The summed E-state index contributed by atoms with van der Waals surface area (Å²) in [6.45, 7) is 1.70. The van der Waals surface area contributed by atoms with Crippen molar-refractivity contribution < 1.29 is 9.53 Å². The van der Waals surface area contributed by atoms with Crippen LogP contribution in [0.5, 0.6) is 0 Å². The zero-order valence-corrected chi connectivity index (χ0v) is 7.11. The molecule has 5 heteroatoms. The van der Waals surface area contributed by atoms with Gasteiger partial charge >= 0.3 is 5.30 Å². The van der Waals surface area contributed by atoms with Crippen molar-refractivity contribution in [2.75, 3.05) is 26.0 Å². The molecule has 0 aromatic carbocycles. The van der Waals surface area contributed by atoms with E-state index in [1.165, 1.54) is 7.11 Å². The van der Waals surface area contributed by atoms with E-state index in [4.69, 9.17) is 0 Å². The Morgan fingerprint density at radius 2 is 2.73 bits per heavy atom. The van der Waals surface area contributed by atoms with E-state index < -0.39 is 0 Å². The monoisotopic (exact) mass is 174 g/mol. The predicted octanol–water partition coefficient (Wildman–Crippen LogP) is 0.488. The maximum atomic E-state index is 10.6. The molecule has 0 saturated carbocycles.